The van der Waals surface area contributed by atoms with E-state index in [1.54, 1.807) is 6.26 Å². The quantitative estimate of drug-likeness (QED) is 0.379. The number of phenolic OH excluding ortho intramolecular Hbond substituents is 1. The summed E-state index contributed by atoms with van der Waals surface area (Å²) in [4.78, 5) is 24.4. The fraction of sp³-hybridized carbons (Fsp3) is 0.364. The number of benzene rings is 1. The van der Waals surface area contributed by atoms with Crippen molar-refractivity contribution in [1.82, 2.24) is 4.31 Å². The van der Waals surface area contributed by atoms with Crippen molar-refractivity contribution in [2.75, 3.05) is 24.7 Å². The molecule has 1 atom stereocenters. The zero-order valence-corrected chi connectivity index (χ0v) is 19.0. The highest BCUT2D eigenvalue weighted by Gasteiger charge is 2.40. The third-order valence-corrected chi connectivity index (χ3v) is 7.93. The Morgan fingerprint density at radius 2 is 1.81 bits per heavy atom. The summed E-state index contributed by atoms with van der Waals surface area (Å²) < 4.78 is 31.6. The molecule has 0 saturated heterocycles. The summed E-state index contributed by atoms with van der Waals surface area (Å²) in [7, 11) is -1.21. The first-order valence-electron chi connectivity index (χ1n) is 10.1. The summed E-state index contributed by atoms with van der Waals surface area (Å²) in [5.74, 6) is 0.189. The van der Waals surface area contributed by atoms with Gasteiger partial charge in [-0.05, 0) is 42.0 Å². The minimum atomic E-state index is -3.91. The van der Waals surface area contributed by atoms with Crippen molar-refractivity contribution < 1.29 is 17.9 Å². The van der Waals surface area contributed by atoms with Gasteiger partial charge in [0.1, 0.15) is 22.0 Å². The van der Waals surface area contributed by atoms with Crippen LogP contribution in [0.15, 0.2) is 49.4 Å². The van der Waals surface area contributed by atoms with Crippen LogP contribution in [0.5, 0.6) is 5.75 Å². The lowest BCUT2D eigenvalue weighted by atomic mass is 9.73. The van der Waals surface area contributed by atoms with E-state index in [0.29, 0.717) is 0 Å². The predicted octanol–water partition coefficient (Wildman–Crippen LogP) is 2.70. The van der Waals surface area contributed by atoms with Crippen LogP contribution in [0.25, 0.3) is 0 Å². The molecule has 4 rings (SSSR count). The lowest BCUT2D eigenvalue weighted by Gasteiger charge is -2.38. The number of phenols is 1. The van der Waals surface area contributed by atoms with E-state index in [9.17, 15) is 23.1 Å². The Morgan fingerprint density at radius 3 is 2.50 bits per heavy atom. The highest BCUT2D eigenvalue weighted by Crippen LogP contribution is 2.46. The smallest absolute Gasteiger partial charge is 0.253 e. The van der Waals surface area contributed by atoms with E-state index >= 15 is 0 Å². The maximum Gasteiger partial charge on any atom is 0.253 e. The number of hydrogen-bond acceptors (Lipinski definition) is 8. The first-order chi connectivity index (χ1) is 14.9. The summed E-state index contributed by atoms with van der Waals surface area (Å²) >= 11 is 0. The number of para-hydroxylation sites is 1. The number of anilines is 3. The number of nitrogens with zero attached hydrogens (tertiary/aromatic N) is 1. The average molecular weight is 460 g/mol. The second-order valence-corrected chi connectivity index (χ2v) is 11.0. The molecule has 3 N–H and O–H groups in total. The third-order valence-electron chi connectivity index (χ3n) is 6.08. The molecule has 1 unspecified atom stereocenters. The first-order valence-corrected chi connectivity index (χ1v) is 11.6. The van der Waals surface area contributed by atoms with Crippen LogP contribution in [0, 0.1) is 5.41 Å². The molecule has 32 heavy (non-hydrogen) atoms. The summed E-state index contributed by atoms with van der Waals surface area (Å²) in [6.45, 7) is 4.10. The van der Waals surface area contributed by atoms with Crippen molar-refractivity contribution in [3.8, 4) is 5.75 Å². The van der Waals surface area contributed by atoms with E-state index in [-0.39, 0.29) is 33.4 Å². The number of aryl methyl sites for hydroxylation is 1. The van der Waals surface area contributed by atoms with Gasteiger partial charge in [-0.25, -0.2) is 12.7 Å². The molecule has 0 saturated carbocycles. The Balaban J connectivity index is 1.70. The van der Waals surface area contributed by atoms with Gasteiger partial charge in [-0.15, -0.1) is 0 Å². The number of fused-ring (bicyclic) bond motifs is 1. The molecule has 0 amide bonds. The molecule has 1 aliphatic rings. The van der Waals surface area contributed by atoms with Gasteiger partial charge in [0.2, 0.25) is 10.0 Å². The molecular formula is C22H25N3O6S. The van der Waals surface area contributed by atoms with E-state index < -0.39 is 26.6 Å². The Bertz CT molecular complexity index is 1360. The van der Waals surface area contributed by atoms with Gasteiger partial charge in [0.25, 0.3) is 10.9 Å². The molecule has 170 valence electrons. The SMILES string of the molecule is CN(C)S(=O)(=O)c1cccc(Nc2c(NC3c4occc4CCC3(C)C)c(=O)c2=O)c1O. The maximum absolute atomic E-state index is 12.5. The molecule has 10 heteroatoms. The molecular weight excluding hydrogens is 434 g/mol. The van der Waals surface area contributed by atoms with E-state index in [2.05, 4.69) is 24.5 Å². The van der Waals surface area contributed by atoms with Crippen LogP contribution in [0.3, 0.4) is 0 Å². The van der Waals surface area contributed by atoms with E-state index in [4.69, 9.17) is 4.42 Å². The van der Waals surface area contributed by atoms with Crippen LogP contribution in [0.4, 0.5) is 17.1 Å². The van der Waals surface area contributed by atoms with Gasteiger partial charge < -0.3 is 20.2 Å². The monoisotopic (exact) mass is 459 g/mol. The normalized spacial score (nSPS) is 18.0. The zero-order valence-electron chi connectivity index (χ0n) is 18.2. The molecule has 0 fully saturated rings. The lowest BCUT2D eigenvalue weighted by Crippen LogP contribution is -2.41. The second-order valence-electron chi connectivity index (χ2n) is 8.85. The minimum absolute atomic E-state index is 0.00432. The van der Waals surface area contributed by atoms with Crippen LogP contribution in [-0.4, -0.2) is 31.9 Å². The summed E-state index contributed by atoms with van der Waals surface area (Å²) in [6, 6.07) is 5.70. The van der Waals surface area contributed by atoms with E-state index in [0.717, 1.165) is 28.5 Å². The predicted molar refractivity (Wildman–Crippen MR) is 121 cm³/mol. The van der Waals surface area contributed by atoms with Gasteiger partial charge >= 0.3 is 0 Å². The Hall–Kier alpha value is -3.11. The fourth-order valence-corrected chi connectivity index (χ4v) is 4.98. The van der Waals surface area contributed by atoms with Crippen LogP contribution in [0.1, 0.15) is 37.6 Å². The van der Waals surface area contributed by atoms with Crippen LogP contribution in [0.2, 0.25) is 0 Å². The van der Waals surface area contributed by atoms with E-state index in [1.807, 2.05) is 6.07 Å². The van der Waals surface area contributed by atoms with Gasteiger partial charge in [0.05, 0.1) is 18.0 Å². The molecule has 0 aliphatic heterocycles. The number of aromatic hydroxyl groups is 1. The van der Waals surface area contributed by atoms with Crippen molar-refractivity contribution in [3.05, 3.63) is 62.3 Å². The van der Waals surface area contributed by atoms with Crippen LogP contribution in [-0.2, 0) is 16.4 Å². The molecule has 0 radical (unpaired) electrons. The lowest BCUT2D eigenvalue weighted by molar-refractivity contribution is 0.234. The minimum Gasteiger partial charge on any atom is -0.504 e. The van der Waals surface area contributed by atoms with E-state index in [1.165, 1.54) is 32.3 Å². The highest BCUT2D eigenvalue weighted by molar-refractivity contribution is 7.89. The number of rotatable bonds is 6. The van der Waals surface area contributed by atoms with Gasteiger partial charge in [0.15, 0.2) is 5.75 Å². The molecule has 9 nitrogen and oxygen atoms in total. The molecule has 0 spiro atoms. The van der Waals surface area contributed by atoms with Gasteiger partial charge in [-0.3, -0.25) is 9.59 Å². The maximum atomic E-state index is 12.5. The van der Waals surface area contributed by atoms with Crippen molar-refractivity contribution in [2.45, 2.75) is 37.6 Å². The number of furan rings is 1. The fourth-order valence-electron chi connectivity index (χ4n) is 3.98. The second kappa shape index (κ2) is 7.49. The van der Waals surface area contributed by atoms with Crippen molar-refractivity contribution >= 4 is 27.1 Å². The molecule has 3 aromatic rings. The molecule has 1 heterocycles. The summed E-state index contributed by atoms with van der Waals surface area (Å²) in [5, 5.41) is 16.5. The van der Waals surface area contributed by atoms with Crippen LogP contribution < -0.4 is 21.5 Å². The van der Waals surface area contributed by atoms with Crippen LogP contribution >= 0.6 is 0 Å². The summed E-state index contributed by atoms with van der Waals surface area (Å²) in [6.07, 6.45) is 3.33. The van der Waals surface area contributed by atoms with Crippen molar-refractivity contribution in [2.24, 2.45) is 5.41 Å². The Kier molecular flexibility index (Phi) is 5.17. The first kappa shape index (κ1) is 22.1. The average Bonchev–Trinajstić information content (AvgIpc) is 3.20. The summed E-state index contributed by atoms with van der Waals surface area (Å²) in [5.41, 5.74) is -0.570. The number of sulfonamides is 1. The highest BCUT2D eigenvalue weighted by atomic mass is 32.2. The molecule has 0 bridgehead atoms. The number of hydrogen-bond donors (Lipinski definition) is 3. The molecule has 1 aromatic heterocycles. The third kappa shape index (κ3) is 3.39. The van der Waals surface area contributed by atoms with Gasteiger partial charge in [-0.1, -0.05) is 19.9 Å². The Labute approximate surface area is 185 Å². The van der Waals surface area contributed by atoms with Gasteiger partial charge in [0, 0.05) is 14.1 Å². The van der Waals surface area contributed by atoms with Gasteiger partial charge in [-0.2, -0.15) is 0 Å². The standard InChI is InChI=1S/C22H25N3O6S/c1-22(2)10-8-12-9-11-31-20(12)21(22)24-16-15(18(27)19(16)28)23-13-6-5-7-14(17(13)26)32(29,30)25(3)4/h5-7,9,11,21,23-24,26H,8,10H2,1-4H3. The molecule has 1 aliphatic carbocycles. The van der Waals surface area contributed by atoms with Crippen molar-refractivity contribution in [3.63, 3.8) is 0 Å². The Morgan fingerprint density at radius 1 is 1.12 bits per heavy atom. The largest absolute Gasteiger partial charge is 0.504 e. The van der Waals surface area contributed by atoms with Crippen molar-refractivity contribution in [1.29, 1.82) is 0 Å². The zero-order chi connectivity index (χ0) is 23.4. The molecule has 2 aromatic carbocycles. The number of nitrogens with one attached hydrogen (secondary N) is 2. The topological polar surface area (TPSA) is 129 Å².